The summed E-state index contributed by atoms with van der Waals surface area (Å²) in [6, 6.07) is 42.9. The maximum absolute atomic E-state index is 14.7. The summed E-state index contributed by atoms with van der Waals surface area (Å²) in [5.74, 6) is -2.79. The van der Waals surface area contributed by atoms with Crippen LogP contribution < -0.4 is 16.0 Å². The summed E-state index contributed by atoms with van der Waals surface area (Å²) in [6.07, 6.45) is -2.06. The van der Waals surface area contributed by atoms with Crippen molar-refractivity contribution >= 4 is 41.6 Å². The second-order valence-corrected chi connectivity index (χ2v) is 19.0. The molecule has 1 fully saturated rings. The van der Waals surface area contributed by atoms with Gasteiger partial charge in [0.25, 0.3) is 0 Å². The van der Waals surface area contributed by atoms with E-state index in [1.54, 1.807) is 20.8 Å². The van der Waals surface area contributed by atoms with Gasteiger partial charge in [-0.25, -0.2) is 4.79 Å². The van der Waals surface area contributed by atoms with Crippen LogP contribution in [0.5, 0.6) is 0 Å². The highest BCUT2D eigenvalue weighted by molar-refractivity contribution is 8.00. The van der Waals surface area contributed by atoms with Crippen molar-refractivity contribution < 1.29 is 43.3 Å². The van der Waals surface area contributed by atoms with Crippen molar-refractivity contribution in [1.29, 1.82) is 0 Å². The first kappa shape index (κ1) is 47.5. The zero-order chi connectivity index (χ0) is 46.9. The molecule has 1 unspecified atom stereocenters. The van der Waals surface area contributed by atoms with Crippen LogP contribution in [0.3, 0.4) is 0 Å². The number of esters is 2. The average molecular weight is 912 g/mol. The molecule has 0 radical (unpaired) electrons. The van der Waals surface area contributed by atoms with Gasteiger partial charge in [-0.3, -0.25) is 19.2 Å². The highest BCUT2D eigenvalue weighted by atomic mass is 32.2. The fraction of sp³-hybridized carbons (Fsp3) is 0.340. The Hall–Kier alpha value is -6.44. The molecule has 3 atom stereocenters. The van der Waals surface area contributed by atoms with Gasteiger partial charge in [-0.1, -0.05) is 140 Å². The molecule has 5 aromatic rings. The van der Waals surface area contributed by atoms with Gasteiger partial charge in [0.2, 0.25) is 11.8 Å². The summed E-state index contributed by atoms with van der Waals surface area (Å²) in [5.41, 5.74) is 5.01. The minimum atomic E-state index is -1.34. The molecule has 1 saturated carbocycles. The number of fused-ring (bicyclic) bond motifs is 3. The molecular weight excluding hydrogens is 855 g/mol. The van der Waals surface area contributed by atoms with E-state index in [0.29, 0.717) is 12.8 Å². The number of benzene rings is 5. The molecule has 2 aliphatic rings. The number of aliphatic hydroxyl groups excluding tert-OH is 1. The summed E-state index contributed by atoms with van der Waals surface area (Å²) in [5, 5.41) is 19.8. The molecule has 0 aromatic heterocycles. The quantitative estimate of drug-likeness (QED) is 0.0365. The van der Waals surface area contributed by atoms with Crippen molar-refractivity contribution in [2.45, 2.75) is 92.9 Å². The van der Waals surface area contributed by atoms with Gasteiger partial charge >= 0.3 is 18.0 Å². The summed E-state index contributed by atoms with van der Waals surface area (Å²) < 4.78 is 15.3. The highest BCUT2D eigenvalue weighted by Gasteiger charge is 2.52. The summed E-state index contributed by atoms with van der Waals surface area (Å²) in [4.78, 5) is 68.4. The first-order valence-electron chi connectivity index (χ1n) is 22.2. The number of amides is 3. The van der Waals surface area contributed by atoms with Crippen molar-refractivity contribution in [2.75, 3.05) is 19.5 Å². The van der Waals surface area contributed by atoms with Gasteiger partial charge in [0.15, 0.2) is 0 Å². The molecule has 13 heteroatoms. The van der Waals surface area contributed by atoms with Gasteiger partial charge in [0, 0.05) is 18.1 Å². The fourth-order valence-electron chi connectivity index (χ4n) is 8.58. The van der Waals surface area contributed by atoms with E-state index in [-0.39, 0.29) is 37.5 Å². The second kappa shape index (κ2) is 20.8. The van der Waals surface area contributed by atoms with Crippen LogP contribution in [0.1, 0.15) is 86.6 Å². The highest BCUT2D eigenvalue weighted by Crippen LogP contribution is 2.49. The summed E-state index contributed by atoms with van der Waals surface area (Å²) in [7, 11) is 1.23. The molecule has 0 aliphatic heterocycles. The molecule has 4 N–H and O–H groups in total. The lowest BCUT2D eigenvalue weighted by Gasteiger charge is -2.37. The van der Waals surface area contributed by atoms with Gasteiger partial charge in [-0.15, -0.1) is 11.8 Å². The van der Waals surface area contributed by atoms with E-state index in [0.717, 1.165) is 38.9 Å². The van der Waals surface area contributed by atoms with Crippen LogP contribution in [-0.4, -0.2) is 83.7 Å². The van der Waals surface area contributed by atoms with E-state index >= 15 is 0 Å². The maximum atomic E-state index is 14.7. The smallest absolute Gasteiger partial charge is 0.407 e. The van der Waals surface area contributed by atoms with E-state index < -0.39 is 63.9 Å². The van der Waals surface area contributed by atoms with Crippen LogP contribution in [0.2, 0.25) is 0 Å². The van der Waals surface area contributed by atoms with Gasteiger partial charge in [0.1, 0.15) is 24.3 Å². The molecule has 0 spiro atoms. The standard InChI is InChI=1S/C53H57N3O9S/c1-51(2,3)65-46(58)29-28-43(55-50(62)64-33-42-40-26-16-14-24-38(40)39-25-15-17-27-41(39)42)48(60)54-44(49(61)56-52(30-31-52)45(57)32-47(59)63-4)34-66-53(35-18-8-5-9-19-35,36-20-10-6-11-21-36)37-22-12-7-13-23-37/h5-27,42-45,57H,28-34H2,1-4H3,(H,54,60)(H,55,62)(H,56,61)/t43?,44-,45-/m0/s1. The fourth-order valence-corrected chi connectivity index (χ4v) is 10.1. The number of nitrogens with one attached hydrogen (secondary N) is 3. The topological polar surface area (TPSA) is 169 Å². The largest absolute Gasteiger partial charge is 0.469 e. The van der Waals surface area contributed by atoms with E-state index in [4.69, 9.17) is 14.2 Å². The number of alkyl carbamates (subject to hydrolysis) is 1. The second-order valence-electron chi connectivity index (χ2n) is 17.7. The number of methoxy groups -OCH3 is 1. The molecule has 7 rings (SSSR count). The van der Waals surface area contributed by atoms with Crippen molar-refractivity contribution in [2.24, 2.45) is 0 Å². The molecule has 3 amide bonds. The van der Waals surface area contributed by atoms with Gasteiger partial charge < -0.3 is 35.3 Å². The Morgan fingerprint density at radius 1 is 0.682 bits per heavy atom. The monoisotopic (exact) mass is 911 g/mol. The lowest BCUT2D eigenvalue weighted by atomic mass is 9.84. The first-order chi connectivity index (χ1) is 31.7. The SMILES string of the molecule is COC(=O)C[C@H](O)C1(NC(=O)[C@H](CSC(c2ccccc2)(c2ccccc2)c2ccccc2)NC(=O)C(CCC(=O)OC(C)(C)C)NC(=O)OCC2c3ccccc3-c3ccccc32)CC1. The van der Waals surface area contributed by atoms with Crippen LogP contribution in [0, 0.1) is 0 Å². The first-order valence-corrected chi connectivity index (χ1v) is 23.2. The molecule has 0 heterocycles. The van der Waals surface area contributed by atoms with Crippen molar-refractivity contribution in [3.8, 4) is 11.1 Å². The summed E-state index contributed by atoms with van der Waals surface area (Å²) in [6.45, 7) is 5.19. The Bertz CT molecular complexity index is 2350. The molecule has 12 nitrogen and oxygen atoms in total. The number of hydrogen-bond donors (Lipinski definition) is 4. The number of aliphatic hydroxyl groups is 1. The molecule has 0 saturated heterocycles. The maximum Gasteiger partial charge on any atom is 0.407 e. The number of ether oxygens (including phenoxy) is 3. The van der Waals surface area contributed by atoms with E-state index in [9.17, 15) is 29.1 Å². The van der Waals surface area contributed by atoms with Gasteiger partial charge in [-0.2, -0.15) is 0 Å². The Morgan fingerprint density at radius 2 is 1.18 bits per heavy atom. The third-order valence-corrected chi connectivity index (χ3v) is 13.7. The van der Waals surface area contributed by atoms with Crippen LogP contribution >= 0.6 is 11.8 Å². The molecule has 344 valence electrons. The lowest BCUT2D eigenvalue weighted by molar-refractivity contribution is -0.155. The average Bonchev–Trinajstić information content (AvgIpc) is 4.04. The molecular formula is C53H57N3O9S. The third-order valence-electron chi connectivity index (χ3n) is 12.0. The zero-order valence-electron chi connectivity index (χ0n) is 37.7. The molecule has 5 aromatic carbocycles. The Labute approximate surface area is 390 Å². The van der Waals surface area contributed by atoms with Gasteiger partial charge in [-0.05, 0) is 79.0 Å². The van der Waals surface area contributed by atoms with Crippen LogP contribution in [0.25, 0.3) is 11.1 Å². The van der Waals surface area contributed by atoms with E-state index in [1.165, 1.54) is 18.9 Å². The predicted molar refractivity (Wildman–Crippen MR) is 253 cm³/mol. The Kier molecular flexibility index (Phi) is 15.0. The normalized spacial score (nSPS) is 15.2. The number of carbonyl (C=O) groups is 5. The third kappa shape index (κ3) is 11.1. The van der Waals surface area contributed by atoms with Crippen LogP contribution in [0.4, 0.5) is 4.79 Å². The minimum Gasteiger partial charge on any atom is -0.469 e. The molecule has 0 bridgehead atoms. The zero-order valence-corrected chi connectivity index (χ0v) is 38.5. The van der Waals surface area contributed by atoms with Crippen LogP contribution in [-0.2, 0) is 38.1 Å². The Morgan fingerprint density at radius 3 is 1.67 bits per heavy atom. The minimum absolute atomic E-state index is 0.00314. The molecule has 2 aliphatic carbocycles. The Balaban J connectivity index is 1.18. The number of thioether (sulfide) groups is 1. The van der Waals surface area contributed by atoms with E-state index in [1.807, 2.05) is 140 Å². The number of hydrogen-bond acceptors (Lipinski definition) is 10. The lowest BCUT2D eigenvalue weighted by Crippen LogP contribution is -2.58. The van der Waals surface area contributed by atoms with Crippen LogP contribution in [0.15, 0.2) is 140 Å². The number of rotatable bonds is 19. The number of carbonyl (C=O) groups excluding carboxylic acids is 5. The van der Waals surface area contributed by atoms with E-state index in [2.05, 4.69) is 16.0 Å². The van der Waals surface area contributed by atoms with Crippen molar-refractivity contribution in [3.05, 3.63) is 167 Å². The van der Waals surface area contributed by atoms with Crippen molar-refractivity contribution in [3.63, 3.8) is 0 Å². The van der Waals surface area contributed by atoms with Gasteiger partial charge in [0.05, 0.1) is 29.9 Å². The summed E-state index contributed by atoms with van der Waals surface area (Å²) >= 11 is 1.44. The van der Waals surface area contributed by atoms with Crippen molar-refractivity contribution in [1.82, 2.24) is 16.0 Å². The molecule has 66 heavy (non-hydrogen) atoms. The predicted octanol–water partition coefficient (Wildman–Crippen LogP) is 7.80.